The standard InChI is InChI=1S/C22H25N3O2/c1-17-6-5-7-18(14-17)15-23-12-10-19(11-13-23)24-16-21(26)25(22(24)27)20-8-3-2-4-9-20/h2-9,14,19H,10-13,15-16H2,1H3. The van der Waals surface area contributed by atoms with Crippen LogP contribution in [0.3, 0.4) is 0 Å². The smallest absolute Gasteiger partial charge is 0.312 e. The van der Waals surface area contributed by atoms with Crippen LogP contribution in [0.2, 0.25) is 0 Å². The molecular weight excluding hydrogens is 338 g/mol. The van der Waals surface area contributed by atoms with Crippen molar-refractivity contribution < 1.29 is 9.59 Å². The number of benzene rings is 2. The van der Waals surface area contributed by atoms with E-state index < -0.39 is 0 Å². The van der Waals surface area contributed by atoms with E-state index in [4.69, 9.17) is 0 Å². The molecule has 2 aliphatic heterocycles. The number of nitrogens with zero attached hydrogens (tertiary/aromatic N) is 3. The van der Waals surface area contributed by atoms with Crippen molar-refractivity contribution in [1.29, 1.82) is 0 Å². The lowest BCUT2D eigenvalue weighted by Crippen LogP contribution is -2.46. The topological polar surface area (TPSA) is 43.9 Å². The van der Waals surface area contributed by atoms with Crippen molar-refractivity contribution in [3.63, 3.8) is 0 Å². The van der Waals surface area contributed by atoms with E-state index in [2.05, 4.69) is 36.1 Å². The first-order valence-corrected chi connectivity index (χ1v) is 9.58. The van der Waals surface area contributed by atoms with Gasteiger partial charge in [-0.1, -0.05) is 48.0 Å². The number of imide groups is 1. The third-order valence-corrected chi connectivity index (χ3v) is 5.49. The lowest BCUT2D eigenvalue weighted by atomic mass is 10.0. The molecule has 0 bridgehead atoms. The predicted octanol–water partition coefficient (Wildman–Crippen LogP) is 3.43. The molecule has 5 nitrogen and oxygen atoms in total. The quantitative estimate of drug-likeness (QED) is 0.782. The Morgan fingerprint density at radius 3 is 2.41 bits per heavy atom. The third-order valence-electron chi connectivity index (χ3n) is 5.49. The first-order chi connectivity index (χ1) is 13.1. The number of amides is 3. The number of anilines is 1. The van der Waals surface area contributed by atoms with Crippen molar-refractivity contribution in [3.8, 4) is 0 Å². The molecule has 0 N–H and O–H groups in total. The fraction of sp³-hybridized carbons (Fsp3) is 0.364. The molecular formula is C22H25N3O2. The van der Waals surface area contributed by atoms with Crippen LogP contribution >= 0.6 is 0 Å². The van der Waals surface area contributed by atoms with E-state index >= 15 is 0 Å². The van der Waals surface area contributed by atoms with Gasteiger partial charge in [0.1, 0.15) is 6.54 Å². The summed E-state index contributed by atoms with van der Waals surface area (Å²) in [5.74, 6) is -0.131. The van der Waals surface area contributed by atoms with E-state index in [1.54, 1.807) is 4.90 Å². The molecule has 5 heteroatoms. The van der Waals surface area contributed by atoms with Crippen LogP contribution in [-0.2, 0) is 11.3 Å². The van der Waals surface area contributed by atoms with Gasteiger partial charge in [-0.25, -0.2) is 9.69 Å². The Bertz CT molecular complexity index is 828. The Kier molecular flexibility index (Phi) is 4.94. The van der Waals surface area contributed by atoms with Gasteiger partial charge in [-0.2, -0.15) is 0 Å². The predicted molar refractivity (Wildman–Crippen MR) is 106 cm³/mol. The van der Waals surface area contributed by atoms with Crippen molar-refractivity contribution in [2.24, 2.45) is 0 Å². The van der Waals surface area contributed by atoms with Crippen LogP contribution in [0, 0.1) is 6.92 Å². The first kappa shape index (κ1) is 17.7. The minimum absolute atomic E-state index is 0.131. The zero-order chi connectivity index (χ0) is 18.8. The third kappa shape index (κ3) is 3.74. The molecule has 2 aromatic carbocycles. The summed E-state index contributed by atoms with van der Waals surface area (Å²) >= 11 is 0. The molecule has 0 radical (unpaired) electrons. The number of aryl methyl sites for hydroxylation is 1. The summed E-state index contributed by atoms with van der Waals surface area (Å²) in [5.41, 5.74) is 3.27. The van der Waals surface area contributed by atoms with Gasteiger partial charge in [0, 0.05) is 25.7 Å². The molecule has 3 amide bonds. The maximum absolute atomic E-state index is 12.8. The largest absolute Gasteiger partial charge is 0.332 e. The van der Waals surface area contributed by atoms with Crippen molar-refractivity contribution in [3.05, 3.63) is 65.7 Å². The molecule has 0 atom stereocenters. The van der Waals surface area contributed by atoms with Gasteiger partial charge >= 0.3 is 6.03 Å². The molecule has 0 unspecified atom stereocenters. The fourth-order valence-electron chi connectivity index (χ4n) is 4.09. The number of likely N-dealkylation sites (tertiary alicyclic amines) is 1. The molecule has 27 heavy (non-hydrogen) atoms. The normalized spacial score (nSPS) is 19.1. The number of piperidine rings is 1. The van der Waals surface area contributed by atoms with E-state index in [0.717, 1.165) is 32.5 Å². The van der Waals surface area contributed by atoms with Crippen molar-refractivity contribution in [2.45, 2.75) is 32.4 Å². The maximum atomic E-state index is 12.8. The van der Waals surface area contributed by atoms with Crippen LogP contribution in [0.1, 0.15) is 24.0 Å². The first-order valence-electron chi connectivity index (χ1n) is 9.58. The van der Waals surface area contributed by atoms with Crippen LogP contribution < -0.4 is 4.90 Å². The molecule has 0 aliphatic carbocycles. The number of para-hydroxylation sites is 1. The Labute approximate surface area is 160 Å². The highest BCUT2D eigenvalue weighted by Gasteiger charge is 2.41. The van der Waals surface area contributed by atoms with E-state index in [0.29, 0.717) is 5.69 Å². The second-order valence-corrected chi connectivity index (χ2v) is 7.47. The average Bonchev–Trinajstić information content (AvgIpc) is 2.97. The molecule has 0 saturated carbocycles. The van der Waals surface area contributed by atoms with E-state index in [1.807, 2.05) is 30.3 Å². The summed E-state index contributed by atoms with van der Waals surface area (Å²) < 4.78 is 0. The van der Waals surface area contributed by atoms with Gasteiger partial charge < -0.3 is 4.90 Å². The van der Waals surface area contributed by atoms with Gasteiger partial charge in [-0.15, -0.1) is 0 Å². The second-order valence-electron chi connectivity index (χ2n) is 7.47. The van der Waals surface area contributed by atoms with Crippen LogP contribution in [0.5, 0.6) is 0 Å². The van der Waals surface area contributed by atoms with Gasteiger partial charge in [0.15, 0.2) is 0 Å². The number of rotatable bonds is 4. The average molecular weight is 363 g/mol. The Morgan fingerprint density at radius 2 is 1.70 bits per heavy atom. The van der Waals surface area contributed by atoms with Gasteiger partial charge in [0.2, 0.25) is 0 Å². The highest BCUT2D eigenvalue weighted by atomic mass is 16.2. The Morgan fingerprint density at radius 1 is 0.963 bits per heavy atom. The summed E-state index contributed by atoms with van der Waals surface area (Å²) in [6, 6.07) is 17.8. The van der Waals surface area contributed by atoms with Gasteiger partial charge in [-0.05, 0) is 37.5 Å². The zero-order valence-corrected chi connectivity index (χ0v) is 15.7. The molecule has 2 aliphatic rings. The van der Waals surface area contributed by atoms with Crippen LogP contribution in [0.25, 0.3) is 0 Å². The maximum Gasteiger partial charge on any atom is 0.332 e. The summed E-state index contributed by atoms with van der Waals surface area (Å²) in [6.45, 7) is 5.14. The highest BCUT2D eigenvalue weighted by molar-refractivity contribution is 6.19. The number of carbonyl (C=O) groups excluding carboxylic acids is 2. The molecule has 2 aromatic rings. The molecule has 2 heterocycles. The minimum atomic E-state index is -0.177. The summed E-state index contributed by atoms with van der Waals surface area (Å²) in [5, 5.41) is 0. The second kappa shape index (κ2) is 7.53. The number of hydrogen-bond acceptors (Lipinski definition) is 3. The summed E-state index contributed by atoms with van der Waals surface area (Å²) in [4.78, 5) is 30.8. The molecule has 2 saturated heterocycles. The minimum Gasteiger partial charge on any atom is -0.312 e. The van der Waals surface area contributed by atoms with Crippen molar-refractivity contribution in [2.75, 3.05) is 24.5 Å². The van der Waals surface area contributed by atoms with Gasteiger partial charge in [0.25, 0.3) is 5.91 Å². The molecule has 0 aromatic heterocycles. The Balaban J connectivity index is 1.37. The summed E-state index contributed by atoms with van der Waals surface area (Å²) in [7, 11) is 0. The van der Waals surface area contributed by atoms with Crippen LogP contribution in [0.15, 0.2) is 54.6 Å². The van der Waals surface area contributed by atoms with Gasteiger partial charge in [-0.3, -0.25) is 9.69 Å². The number of urea groups is 1. The van der Waals surface area contributed by atoms with Crippen LogP contribution in [0.4, 0.5) is 10.5 Å². The highest BCUT2D eigenvalue weighted by Crippen LogP contribution is 2.26. The van der Waals surface area contributed by atoms with E-state index in [-0.39, 0.29) is 24.5 Å². The molecule has 0 spiro atoms. The van der Waals surface area contributed by atoms with Gasteiger partial charge in [0.05, 0.1) is 5.69 Å². The summed E-state index contributed by atoms with van der Waals surface area (Å²) in [6.07, 6.45) is 1.82. The van der Waals surface area contributed by atoms with E-state index in [9.17, 15) is 9.59 Å². The Hall–Kier alpha value is -2.66. The lowest BCUT2D eigenvalue weighted by Gasteiger charge is -2.36. The lowest BCUT2D eigenvalue weighted by molar-refractivity contribution is -0.116. The number of carbonyl (C=O) groups is 2. The molecule has 4 rings (SSSR count). The monoisotopic (exact) mass is 363 g/mol. The number of hydrogen-bond donors (Lipinski definition) is 0. The van der Waals surface area contributed by atoms with E-state index in [1.165, 1.54) is 16.0 Å². The van der Waals surface area contributed by atoms with Crippen LogP contribution in [-0.4, -0.2) is 47.4 Å². The SMILES string of the molecule is Cc1cccc(CN2CCC(N3CC(=O)N(c4ccccc4)C3=O)CC2)c1. The fourth-order valence-corrected chi connectivity index (χ4v) is 4.09. The van der Waals surface area contributed by atoms with Crippen molar-refractivity contribution in [1.82, 2.24) is 9.80 Å². The van der Waals surface area contributed by atoms with Crippen molar-refractivity contribution >= 4 is 17.6 Å². The molecule has 2 fully saturated rings. The zero-order valence-electron chi connectivity index (χ0n) is 15.7. The molecule has 140 valence electrons.